The number of carbonyl (C=O) groups is 1. The van der Waals surface area contributed by atoms with E-state index in [9.17, 15) is 13.8 Å². The summed E-state index contributed by atoms with van der Waals surface area (Å²) in [4.78, 5) is 13.3. The summed E-state index contributed by atoms with van der Waals surface area (Å²) in [6.45, 7) is 7.15. The second-order valence-corrected chi connectivity index (χ2v) is 12.3. The number of rotatable bonds is 13. The van der Waals surface area contributed by atoms with Gasteiger partial charge in [-0.05, 0) is 57.1 Å². The molecule has 2 atom stereocenters. The molecule has 0 fully saturated rings. The second-order valence-electron chi connectivity index (χ2n) is 9.83. The Balaban J connectivity index is 1.85. The van der Waals surface area contributed by atoms with Crippen molar-refractivity contribution < 1.29 is 22.8 Å². The lowest BCUT2D eigenvalue weighted by molar-refractivity contribution is -0.122. The van der Waals surface area contributed by atoms with Gasteiger partial charge in [0.25, 0.3) is 0 Å². The molecule has 7 nitrogen and oxygen atoms in total. The van der Waals surface area contributed by atoms with Crippen LogP contribution in [0.25, 0.3) is 0 Å². The third-order valence-electron chi connectivity index (χ3n) is 5.73. The van der Waals surface area contributed by atoms with Crippen LogP contribution in [-0.4, -0.2) is 29.3 Å². The Hall–Kier alpha value is -3.10. The highest BCUT2D eigenvalue weighted by Crippen LogP contribution is 2.61. The lowest BCUT2D eigenvalue weighted by Gasteiger charge is -2.32. The summed E-state index contributed by atoms with van der Waals surface area (Å²) < 4.78 is 40.1. The molecule has 0 radical (unpaired) electrons. The van der Waals surface area contributed by atoms with Crippen LogP contribution in [0, 0.1) is 5.82 Å². The molecule has 214 valence electrons. The van der Waals surface area contributed by atoms with Crippen molar-refractivity contribution in [3.8, 4) is 0 Å². The van der Waals surface area contributed by atoms with Crippen LogP contribution >= 0.6 is 19.8 Å². The maximum Gasteiger partial charge on any atom is 0.357 e. The van der Waals surface area contributed by atoms with Crippen LogP contribution in [0.1, 0.15) is 50.2 Å². The Morgan fingerprint density at radius 3 is 1.98 bits per heavy atom. The molecule has 0 aliphatic heterocycles. The van der Waals surface area contributed by atoms with Crippen LogP contribution in [0.4, 0.5) is 4.39 Å². The highest BCUT2D eigenvalue weighted by Gasteiger charge is 2.40. The van der Waals surface area contributed by atoms with Crippen LogP contribution in [0.2, 0.25) is 0 Å². The highest BCUT2D eigenvalue weighted by atomic mass is 32.1. The van der Waals surface area contributed by atoms with E-state index in [2.05, 4.69) is 16.0 Å². The fourth-order valence-corrected chi connectivity index (χ4v) is 6.69. The van der Waals surface area contributed by atoms with Crippen LogP contribution in [0.3, 0.4) is 0 Å². The van der Waals surface area contributed by atoms with Gasteiger partial charge in [0.1, 0.15) is 11.9 Å². The van der Waals surface area contributed by atoms with E-state index in [0.29, 0.717) is 17.5 Å². The third-order valence-corrected chi connectivity index (χ3v) is 8.46. The molecule has 40 heavy (non-hydrogen) atoms. The lowest BCUT2D eigenvalue weighted by Crippen LogP contribution is -2.51. The van der Waals surface area contributed by atoms with Gasteiger partial charge in [-0.2, -0.15) is 0 Å². The molecular weight excluding hydrogens is 548 g/mol. The minimum Gasteiger partial charge on any atom is -0.351 e. The molecular formula is C30H37FN3O4PS. The summed E-state index contributed by atoms with van der Waals surface area (Å²) in [5, 5.41) is 9.08. The second kappa shape index (κ2) is 15.1. The van der Waals surface area contributed by atoms with Crippen molar-refractivity contribution in [2.24, 2.45) is 0 Å². The fourth-order valence-electron chi connectivity index (χ4n) is 4.05. The summed E-state index contributed by atoms with van der Waals surface area (Å²) in [6, 6.07) is 24.1. The molecule has 1 amide bonds. The van der Waals surface area contributed by atoms with E-state index in [1.165, 1.54) is 6.07 Å². The Kier molecular flexibility index (Phi) is 11.8. The van der Waals surface area contributed by atoms with Gasteiger partial charge in [0.05, 0.1) is 12.2 Å². The molecule has 0 aromatic heterocycles. The molecule has 0 saturated heterocycles. The molecule has 3 N–H and O–H groups in total. The van der Waals surface area contributed by atoms with Crippen molar-refractivity contribution in [2.45, 2.75) is 64.7 Å². The number of amides is 1. The minimum atomic E-state index is -3.79. The van der Waals surface area contributed by atoms with E-state index in [1.807, 2.05) is 60.7 Å². The van der Waals surface area contributed by atoms with Crippen molar-refractivity contribution in [3.05, 3.63) is 107 Å². The van der Waals surface area contributed by atoms with Gasteiger partial charge in [0.2, 0.25) is 5.91 Å². The zero-order chi connectivity index (χ0) is 29.1. The molecule has 0 aliphatic rings. The van der Waals surface area contributed by atoms with Gasteiger partial charge in [0.15, 0.2) is 10.9 Å². The van der Waals surface area contributed by atoms with Gasteiger partial charge < -0.3 is 25.0 Å². The molecule has 3 aromatic carbocycles. The van der Waals surface area contributed by atoms with Gasteiger partial charge in [-0.25, -0.2) is 4.39 Å². The maximum absolute atomic E-state index is 14.2. The SMILES string of the molecule is CC(C)OP(=O)(OC(C)C)C(NC(=S)N[C@H](Cc1ccccc1)C(=O)NCc1ccccc1F)c1ccccc1. The lowest BCUT2D eigenvalue weighted by atomic mass is 10.1. The maximum atomic E-state index is 14.2. The van der Waals surface area contributed by atoms with E-state index in [4.69, 9.17) is 21.3 Å². The highest BCUT2D eigenvalue weighted by molar-refractivity contribution is 7.80. The molecule has 0 saturated carbocycles. The van der Waals surface area contributed by atoms with Crippen LogP contribution < -0.4 is 16.0 Å². The van der Waals surface area contributed by atoms with Gasteiger partial charge in [-0.15, -0.1) is 0 Å². The smallest absolute Gasteiger partial charge is 0.351 e. The molecule has 0 spiro atoms. The summed E-state index contributed by atoms with van der Waals surface area (Å²) in [6.07, 6.45) is -0.451. The third kappa shape index (κ3) is 9.52. The van der Waals surface area contributed by atoms with Crippen LogP contribution in [-0.2, 0) is 31.4 Å². The predicted octanol–water partition coefficient (Wildman–Crippen LogP) is 6.26. The first-order valence-electron chi connectivity index (χ1n) is 13.2. The average Bonchev–Trinajstić information content (AvgIpc) is 2.91. The van der Waals surface area contributed by atoms with E-state index in [-0.39, 0.29) is 29.8 Å². The molecule has 3 rings (SSSR count). The predicted molar refractivity (Wildman–Crippen MR) is 160 cm³/mol. The zero-order valence-corrected chi connectivity index (χ0v) is 24.9. The summed E-state index contributed by atoms with van der Waals surface area (Å²) in [5.74, 6) is -1.70. The molecule has 0 heterocycles. The van der Waals surface area contributed by atoms with Gasteiger partial charge in [0, 0.05) is 18.5 Å². The van der Waals surface area contributed by atoms with Crippen LogP contribution in [0.5, 0.6) is 0 Å². The first kappa shape index (κ1) is 31.4. The number of nitrogens with one attached hydrogen (secondary N) is 3. The zero-order valence-electron chi connectivity index (χ0n) is 23.2. The topological polar surface area (TPSA) is 88.7 Å². The summed E-state index contributed by atoms with van der Waals surface area (Å²) in [5.41, 5.74) is 1.93. The van der Waals surface area contributed by atoms with Gasteiger partial charge in [-0.3, -0.25) is 9.36 Å². The number of carbonyl (C=O) groups excluding carboxylic acids is 1. The van der Waals surface area contributed by atoms with E-state index >= 15 is 0 Å². The average molecular weight is 586 g/mol. The van der Waals surface area contributed by atoms with Gasteiger partial charge in [-0.1, -0.05) is 78.9 Å². The summed E-state index contributed by atoms with van der Waals surface area (Å²) >= 11 is 5.64. The first-order valence-corrected chi connectivity index (χ1v) is 15.2. The fraction of sp³-hybridized carbons (Fsp3) is 0.333. The monoisotopic (exact) mass is 585 g/mol. The van der Waals surface area contributed by atoms with Crippen molar-refractivity contribution in [1.29, 1.82) is 0 Å². The Morgan fingerprint density at radius 2 is 1.40 bits per heavy atom. The first-order chi connectivity index (χ1) is 19.1. The number of hydrogen-bond acceptors (Lipinski definition) is 5. The number of hydrogen-bond donors (Lipinski definition) is 3. The van der Waals surface area contributed by atoms with E-state index in [0.717, 1.165) is 5.56 Å². The Labute approximate surface area is 241 Å². The molecule has 0 aliphatic carbocycles. The van der Waals surface area contributed by atoms with Crippen molar-refractivity contribution in [3.63, 3.8) is 0 Å². The standard InChI is InChI=1S/C30H37FN3O4PS/c1-21(2)37-39(36,38-22(3)4)29(24-15-9-6-10-16-24)34-30(40)33-27(19-23-13-7-5-8-14-23)28(35)32-20-25-17-11-12-18-26(25)31/h5-18,21-22,27,29H,19-20H2,1-4H3,(H,32,35)(H2,33,34,40)/t27-,29?/m1/s1. The van der Waals surface area contributed by atoms with Crippen molar-refractivity contribution in [2.75, 3.05) is 0 Å². The van der Waals surface area contributed by atoms with E-state index < -0.39 is 25.2 Å². The Morgan fingerprint density at radius 1 is 0.850 bits per heavy atom. The van der Waals surface area contributed by atoms with Crippen molar-refractivity contribution >= 4 is 30.8 Å². The quantitative estimate of drug-likeness (QED) is 0.161. The minimum absolute atomic E-state index is 0.0188. The largest absolute Gasteiger partial charge is 0.357 e. The van der Waals surface area contributed by atoms with Crippen LogP contribution in [0.15, 0.2) is 84.9 Å². The Bertz CT molecular complexity index is 1280. The molecule has 3 aromatic rings. The van der Waals surface area contributed by atoms with Crippen molar-refractivity contribution in [1.82, 2.24) is 16.0 Å². The molecule has 10 heteroatoms. The molecule has 1 unspecified atom stereocenters. The molecule has 0 bridgehead atoms. The number of halogens is 1. The summed E-state index contributed by atoms with van der Waals surface area (Å²) in [7, 11) is -3.79. The normalized spacial score (nSPS) is 13.1. The van der Waals surface area contributed by atoms with E-state index in [1.54, 1.807) is 45.9 Å². The number of benzene rings is 3. The number of thiocarbonyl (C=S) groups is 1. The van der Waals surface area contributed by atoms with Gasteiger partial charge >= 0.3 is 7.60 Å².